The molecule has 1 unspecified atom stereocenters. The molecule has 0 heterocycles. The summed E-state index contributed by atoms with van der Waals surface area (Å²) in [5.41, 5.74) is 2.91. The van der Waals surface area contributed by atoms with Crippen molar-refractivity contribution >= 4 is 29.1 Å². The number of nitrogens with zero attached hydrogens (tertiary/aromatic N) is 1. The van der Waals surface area contributed by atoms with Crippen LogP contribution in [0, 0.1) is 5.21 Å². The van der Waals surface area contributed by atoms with Crippen molar-refractivity contribution < 1.29 is 24.8 Å². The molecule has 0 bridgehead atoms. The van der Waals surface area contributed by atoms with Crippen LogP contribution in [0.15, 0.2) is 29.4 Å². The second-order valence-corrected chi connectivity index (χ2v) is 4.06. The molecule has 2 amide bonds. The highest BCUT2D eigenvalue weighted by molar-refractivity contribution is 6.05. The molecule has 4 N–H and O–H groups in total. The number of quaternary nitrogens is 1. The maximum Gasteiger partial charge on any atom is 0.427 e. The highest BCUT2D eigenvalue weighted by Crippen LogP contribution is 2.11. The zero-order chi connectivity index (χ0) is 15.8. The van der Waals surface area contributed by atoms with Crippen LogP contribution in [0.4, 0.5) is 16.2 Å². The van der Waals surface area contributed by atoms with E-state index in [0.29, 0.717) is 11.4 Å². The van der Waals surface area contributed by atoms with Crippen LogP contribution in [0.25, 0.3) is 0 Å². The van der Waals surface area contributed by atoms with Crippen molar-refractivity contribution in [2.24, 2.45) is 5.10 Å². The number of amides is 2. The van der Waals surface area contributed by atoms with Gasteiger partial charge in [-0.25, -0.2) is 15.4 Å². The van der Waals surface area contributed by atoms with E-state index in [1.807, 2.05) is 0 Å². The highest BCUT2D eigenvalue weighted by Gasteiger charge is 2.07. The molecule has 0 aliphatic rings. The Morgan fingerprint density at radius 3 is 2.81 bits per heavy atom. The largest absolute Gasteiger partial charge is 0.595 e. The number of hydrazone groups is 1. The average molecular weight is 296 g/mol. The van der Waals surface area contributed by atoms with Gasteiger partial charge in [0.15, 0.2) is 5.69 Å². The maximum atomic E-state index is 11.7. The zero-order valence-electron chi connectivity index (χ0n) is 11.5. The lowest BCUT2D eigenvalue weighted by atomic mass is 10.2. The van der Waals surface area contributed by atoms with E-state index < -0.39 is 11.3 Å². The van der Waals surface area contributed by atoms with Gasteiger partial charge in [0.1, 0.15) is 0 Å². The van der Waals surface area contributed by atoms with Gasteiger partial charge in [-0.2, -0.15) is 10.3 Å². The van der Waals surface area contributed by atoms with Crippen molar-refractivity contribution in [3.05, 3.63) is 29.5 Å². The van der Waals surface area contributed by atoms with Crippen molar-refractivity contribution in [2.45, 2.75) is 13.3 Å². The maximum absolute atomic E-state index is 11.7. The van der Waals surface area contributed by atoms with Crippen molar-refractivity contribution in [1.29, 1.82) is 0 Å². The lowest BCUT2D eigenvalue weighted by molar-refractivity contribution is -0.991. The summed E-state index contributed by atoms with van der Waals surface area (Å²) in [5, 5.41) is 24.8. The lowest BCUT2D eigenvalue weighted by Gasteiger charge is -2.12. The van der Waals surface area contributed by atoms with Gasteiger partial charge < -0.3 is 15.3 Å². The first kappa shape index (κ1) is 16.6. The topological polar surface area (TPSA) is 128 Å². The summed E-state index contributed by atoms with van der Waals surface area (Å²) in [4.78, 5) is 22.5. The third-order valence-electron chi connectivity index (χ3n) is 2.33. The highest BCUT2D eigenvalue weighted by atomic mass is 16.8. The Balaban J connectivity index is 2.57. The number of hydrogen-bond donors (Lipinski definition) is 4. The molecule has 0 fully saturated rings. The normalized spacial score (nSPS) is 12.5. The smallest absolute Gasteiger partial charge is 0.427 e. The zero-order valence-corrected chi connectivity index (χ0v) is 11.5. The summed E-state index contributed by atoms with van der Waals surface area (Å²) in [7, 11) is 1.20. The van der Waals surface area contributed by atoms with E-state index in [4.69, 9.17) is 5.21 Å². The monoisotopic (exact) mass is 296 g/mol. The Kier molecular flexibility index (Phi) is 6.27. The molecule has 0 aliphatic heterocycles. The molecule has 114 valence electrons. The minimum Gasteiger partial charge on any atom is -0.595 e. The van der Waals surface area contributed by atoms with E-state index in [2.05, 4.69) is 20.6 Å². The molecule has 9 heteroatoms. The average Bonchev–Trinajstić information content (AvgIpc) is 2.44. The van der Waals surface area contributed by atoms with Crippen LogP contribution in [0.2, 0.25) is 0 Å². The second-order valence-electron chi connectivity index (χ2n) is 4.06. The number of benzene rings is 1. The summed E-state index contributed by atoms with van der Waals surface area (Å²) >= 11 is 0. The van der Waals surface area contributed by atoms with E-state index in [0.717, 1.165) is 0 Å². The standard InChI is InChI=1S/C12H16N4O5/c1-8(14-15-12(18)21-2)6-11(17)13-9-4-3-5-10(7-9)16(19)20/h3-5,7,16,19H,6H2,1-2H3,(H,13,17)(H,15,18)/b14-8+. The van der Waals surface area contributed by atoms with Gasteiger partial charge in [-0.15, -0.1) is 0 Å². The molecule has 0 aliphatic carbocycles. The van der Waals surface area contributed by atoms with Crippen LogP contribution in [0.5, 0.6) is 0 Å². The number of methoxy groups -OCH3 is 1. The van der Waals surface area contributed by atoms with Crippen LogP contribution in [-0.4, -0.2) is 30.0 Å². The van der Waals surface area contributed by atoms with Crippen LogP contribution < -0.4 is 16.0 Å². The SMILES string of the molecule is COC(=O)N/N=C(\C)CC(=O)Nc1cccc([NH+]([O-])O)c1. The van der Waals surface area contributed by atoms with Gasteiger partial charge in [-0.1, -0.05) is 6.07 Å². The van der Waals surface area contributed by atoms with Crippen molar-refractivity contribution in [2.75, 3.05) is 12.4 Å². The Bertz CT molecular complexity index is 544. The fourth-order valence-electron chi connectivity index (χ4n) is 1.39. The summed E-state index contributed by atoms with van der Waals surface area (Å²) in [5.74, 6) is -0.384. The molecule has 1 aromatic rings. The molecule has 1 atom stereocenters. The molecule has 0 radical (unpaired) electrons. The number of nitrogens with one attached hydrogen (secondary N) is 3. The number of anilines is 1. The Labute approximate surface area is 120 Å². The molecule has 1 aromatic carbocycles. The number of rotatable bonds is 5. The van der Waals surface area contributed by atoms with Crippen LogP contribution in [0.1, 0.15) is 13.3 Å². The van der Waals surface area contributed by atoms with Gasteiger partial charge in [0, 0.05) is 23.5 Å². The van der Waals surface area contributed by atoms with E-state index >= 15 is 0 Å². The van der Waals surface area contributed by atoms with E-state index in [9.17, 15) is 14.8 Å². The number of carbonyl (C=O) groups excluding carboxylic acids is 2. The van der Waals surface area contributed by atoms with Gasteiger partial charge in [0.05, 0.1) is 13.5 Å². The fraction of sp³-hybridized carbons (Fsp3) is 0.250. The van der Waals surface area contributed by atoms with Crippen LogP contribution >= 0.6 is 0 Å². The van der Waals surface area contributed by atoms with Crippen LogP contribution in [-0.2, 0) is 9.53 Å². The van der Waals surface area contributed by atoms with Gasteiger partial charge >= 0.3 is 6.09 Å². The lowest BCUT2D eigenvalue weighted by Crippen LogP contribution is -2.99. The van der Waals surface area contributed by atoms with E-state index in [1.165, 1.54) is 25.3 Å². The first-order chi connectivity index (χ1) is 9.92. The molecule has 0 aromatic heterocycles. The van der Waals surface area contributed by atoms with E-state index in [1.54, 1.807) is 13.0 Å². The number of hydrogen-bond acceptors (Lipinski definition) is 6. The molecular formula is C12H16N4O5. The predicted octanol–water partition coefficient (Wildman–Crippen LogP) is 0.151. The summed E-state index contributed by atoms with van der Waals surface area (Å²) in [6, 6.07) is 5.87. The molecule has 21 heavy (non-hydrogen) atoms. The van der Waals surface area contributed by atoms with Crippen molar-refractivity contribution in [1.82, 2.24) is 5.43 Å². The van der Waals surface area contributed by atoms with Gasteiger partial charge in [-0.3, -0.25) is 4.79 Å². The molecule has 0 saturated carbocycles. The number of carbonyl (C=O) groups is 2. The second kappa shape index (κ2) is 7.94. The van der Waals surface area contributed by atoms with Gasteiger partial charge in [0.2, 0.25) is 5.91 Å². The summed E-state index contributed by atoms with van der Waals surface area (Å²) < 4.78 is 4.32. The third kappa shape index (κ3) is 5.99. The predicted molar refractivity (Wildman–Crippen MR) is 74.1 cm³/mol. The Morgan fingerprint density at radius 1 is 1.48 bits per heavy atom. The number of ether oxygens (including phenoxy) is 1. The van der Waals surface area contributed by atoms with Crippen molar-refractivity contribution in [3.8, 4) is 0 Å². The van der Waals surface area contributed by atoms with Gasteiger partial charge in [-0.05, 0) is 13.0 Å². The molecule has 9 nitrogen and oxygen atoms in total. The molecular weight excluding hydrogens is 280 g/mol. The molecule has 1 rings (SSSR count). The molecule has 0 saturated heterocycles. The summed E-state index contributed by atoms with van der Waals surface area (Å²) in [6.45, 7) is 1.56. The summed E-state index contributed by atoms with van der Waals surface area (Å²) in [6.07, 6.45) is -0.787. The van der Waals surface area contributed by atoms with E-state index in [-0.39, 0.29) is 18.0 Å². The minimum absolute atomic E-state index is 0.0543. The fourth-order valence-corrected chi connectivity index (χ4v) is 1.39. The minimum atomic E-state index is -1.08. The molecule has 0 spiro atoms. The van der Waals surface area contributed by atoms with Gasteiger partial charge in [0.25, 0.3) is 0 Å². The third-order valence-corrected chi connectivity index (χ3v) is 2.33. The Hall–Kier alpha value is -2.49. The first-order valence-corrected chi connectivity index (χ1v) is 5.92. The Morgan fingerprint density at radius 2 is 2.19 bits per heavy atom. The van der Waals surface area contributed by atoms with Crippen LogP contribution in [0.3, 0.4) is 0 Å². The first-order valence-electron chi connectivity index (χ1n) is 5.92. The quantitative estimate of drug-likeness (QED) is 0.454. The van der Waals surface area contributed by atoms with Crippen molar-refractivity contribution in [3.63, 3.8) is 0 Å².